The Morgan fingerprint density at radius 3 is 2.81 bits per heavy atom. The van der Waals surface area contributed by atoms with Crippen LogP contribution < -0.4 is 5.32 Å². The number of benzene rings is 1. The smallest absolute Gasteiger partial charge is 0.134 e. The van der Waals surface area contributed by atoms with Gasteiger partial charge in [-0.2, -0.15) is 0 Å². The van der Waals surface area contributed by atoms with Gasteiger partial charge in [0.2, 0.25) is 0 Å². The fraction of sp³-hybridized carbons (Fsp3) is 0.412. The van der Waals surface area contributed by atoms with Crippen molar-refractivity contribution in [3.8, 4) is 11.3 Å². The highest BCUT2D eigenvalue weighted by Crippen LogP contribution is 2.44. The number of furan rings is 1. The summed E-state index contributed by atoms with van der Waals surface area (Å²) in [6, 6.07) is 8.78. The van der Waals surface area contributed by atoms with E-state index in [0.29, 0.717) is 17.9 Å². The van der Waals surface area contributed by atoms with Crippen LogP contribution in [0.5, 0.6) is 0 Å². The van der Waals surface area contributed by atoms with Crippen LogP contribution in [0, 0.1) is 18.2 Å². The highest BCUT2D eigenvalue weighted by molar-refractivity contribution is 5.62. The van der Waals surface area contributed by atoms with Gasteiger partial charge in [-0.25, -0.2) is 4.39 Å². The molecule has 0 radical (unpaired) electrons. The second-order valence-electron chi connectivity index (χ2n) is 5.94. The molecule has 1 heterocycles. The summed E-state index contributed by atoms with van der Waals surface area (Å²) in [6.45, 7) is 3.42. The molecule has 1 aliphatic rings. The Labute approximate surface area is 123 Å². The molecule has 1 aliphatic carbocycles. The Hall–Kier alpha value is -1.65. The zero-order valence-corrected chi connectivity index (χ0v) is 12.2. The first-order valence-corrected chi connectivity index (χ1v) is 7.29. The molecular weight excluding hydrogens is 269 g/mol. The minimum absolute atomic E-state index is 0.0918. The third kappa shape index (κ3) is 3.01. The minimum Gasteiger partial charge on any atom is -0.460 e. The maximum atomic E-state index is 13.6. The minimum atomic E-state index is -0.220. The fourth-order valence-electron chi connectivity index (χ4n) is 2.51. The predicted octanol–water partition coefficient (Wildman–Crippen LogP) is 3.26. The van der Waals surface area contributed by atoms with Crippen molar-refractivity contribution < 1.29 is 13.9 Å². The Bertz CT molecular complexity index is 631. The molecule has 1 fully saturated rings. The van der Waals surface area contributed by atoms with Crippen LogP contribution in [-0.2, 0) is 6.54 Å². The number of hydrogen-bond acceptors (Lipinski definition) is 3. The Morgan fingerprint density at radius 2 is 2.10 bits per heavy atom. The molecule has 21 heavy (non-hydrogen) atoms. The topological polar surface area (TPSA) is 45.4 Å². The van der Waals surface area contributed by atoms with Crippen LogP contribution in [0.4, 0.5) is 4.39 Å². The summed E-state index contributed by atoms with van der Waals surface area (Å²) in [4.78, 5) is 0. The number of hydrogen-bond donors (Lipinski definition) is 2. The third-order valence-electron chi connectivity index (χ3n) is 4.29. The first-order chi connectivity index (χ1) is 10.1. The Morgan fingerprint density at radius 1 is 1.29 bits per heavy atom. The van der Waals surface area contributed by atoms with Gasteiger partial charge in [0.1, 0.15) is 17.3 Å². The number of nitrogens with one attached hydrogen (secondary N) is 1. The lowest BCUT2D eigenvalue weighted by Gasteiger charge is -2.11. The van der Waals surface area contributed by atoms with Crippen molar-refractivity contribution in [2.24, 2.45) is 5.41 Å². The molecular formula is C17H20FNO2. The average molecular weight is 289 g/mol. The highest BCUT2D eigenvalue weighted by Gasteiger charge is 2.41. The van der Waals surface area contributed by atoms with E-state index in [-0.39, 0.29) is 17.8 Å². The monoisotopic (exact) mass is 289 g/mol. The number of rotatable bonds is 6. The zero-order chi connectivity index (χ0) is 14.9. The van der Waals surface area contributed by atoms with Crippen LogP contribution in [0.15, 0.2) is 34.7 Å². The summed E-state index contributed by atoms with van der Waals surface area (Å²) in [7, 11) is 0. The molecule has 1 saturated carbocycles. The van der Waals surface area contributed by atoms with E-state index in [1.54, 1.807) is 13.0 Å². The second-order valence-corrected chi connectivity index (χ2v) is 5.94. The maximum absolute atomic E-state index is 13.6. The van der Waals surface area contributed by atoms with Crippen molar-refractivity contribution in [3.05, 3.63) is 47.5 Å². The molecule has 112 valence electrons. The van der Waals surface area contributed by atoms with Gasteiger partial charge in [0.25, 0.3) is 0 Å². The summed E-state index contributed by atoms with van der Waals surface area (Å²) in [6.07, 6.45) is 2.17. The van der Waals surface area contributed by atoms with Crippen LogP contribution in [0.2, 0.25) is 0 Å². The first-order valence-electron chi connectivity index (χ1n) is 7.29. The largest absolute Gasteiger partial charge is 0.460 e. The van der Waals surface area contributed by atoms with Gasteiger partial charge in [0, 0.05) is 24.1 Å². The van der Waals surface area contributed by atoms with Crippen LogP contribution in [0.25, 0.3) is 11.3 Å². The molecule has 2 aromatic rings. The van der Waals surface area contributed by atoms with Crippen LogP contribution in [0.1, 0.15) is 24.2 Å². The second kappa shape index (κ2) is 5.62. The molecule has 0 atom stereocenters. The summed E-state index contributed by atoms with van der Waals surface area (Å²) in [5.74, 6) is 1.29. The van der Waals surface area contributed by atoms with E-state index in [2.05, 4.69) is 5.32 Å². The van der Waals surface area contributed by atoms with Crippen LogP contribution in [-0.4, -0.2) is 18.3 Å². The summed E-state index contributed by atoms with van der Waals surface area (Å²) < 4.78 is 19.4. The predicted molar refractivity (Wildman–Crippen MR) is 79.3 cm³/mol. The van der Waals surface area contributed by atoms with E-state index in [9.17, 15) is 9.50 Å². The van der Waals surface area contributed by atoms with E-state index >= 15 is 0 Å². The van der Waals surface area contributed by atoms with Crippen molar-refractivity contribution in [2.45, 2.75) is 26.3 Å². The van der Waals surface area contributed by atoms with Gasteiger partial charge < -0.3 is 14.8 Å². The standard InChI is InChI=1S/C17H20FNO2/c1-12-14(3-2-4-15(12)18)16-6-5-13(21-16)9-19-10-17(11-20)7-8-17/h2-6,19-20H,7-11H2,1H3. The molecule has 1 aromatic carbocycles. The Kier molecular flexibility index (Phi) is 3.83. The lowest BCUT2D eigenvalue weighted by atomic mass is 10.1. The van der Waals surface area contributed by atoms with Crippen LogP contribution >= 0.6 is 0 Å². The fourth-order valence-corrected chi connectivity index (χ4v) is 2.51. The van der Waals surface area contributed by atoms with E-state index in [0.717, 1.165) is 30.7 Å². The van der Waals surface area contributed by atoms with Crippen molar-refractivity contribution in [1.29, 1.82) is 0 Å². The van der Waals surface area contributed by atoms with E-state index in [4.69, 9.17) is 4.42 Å². The molecule has 3 rings (SSSR count). The van der Waals surface area contributed by atoms with E-state index < -0.39 is 0 Å². The van der Waals surface area contributed by atoms with Gasteiger partial charge in [-0.1, -0.05) is 12.1 Å². The van der Waals surface area contributed by atoms with Gasteiger partial charge in [-0.15, -0.1) is 0 Å². The van der Waals surface area contributed by atoms with Gasteiger partial charge in [0.05, 0.1) is 6.54 Å². The Balaban J connectivity index is 1.65. The molecule has 0 amide bonds. The average Bonchev–Trinajstić information content (AvgIpc) is 3.12. The number of halogens is 1. The molecule has 2 N–H and O–H groups in total. The number of aliphatic hydroxyl groups is 1. The van der Waals surface area contributed by atoms with Gasteiger partial charge in [-0.05, 0) is 43.5 Å². The molecule has 0 bridgehead atoms. The van der Waals surface area contributed by atoms with Crippen LogP contribution in [0.3, 0.4) is 0 Å². The van der Waals surface area contributed by atoms with E-state index in [1.807, 2.05) is 18.2 Å². The highest BCUT2D eigenvalue weighted by atomic mass is 19.1. The first kappa shape index (κ1) is 14.3. The molecule has 1 aromatic heterocycles. The molecule has 0 unspecified atom stereocenters. The molecule has 3 nitrogen and oxygen atoms in total. The van der Waals surface area contributed by atoms with Crippen molar-refractivity contribution >= 4 is 0 Å². The molecule has 4 heteroatoms. The van der Waals surface area contributed by atoms with Gasteiger partial charge in [-0.3, -0.25) is 0 Å². The lowest BCUT2D eigenvalue weighted by molar-refractivity contribution is 0.206. The maximum Gasteiger partial charge on any atom is 0.134 e. The molecule has 0 aliphatic heterocycles. The van der Waals surface area contributed by atoms with Crippen molar-refractivity contribution in [1.82, 2.24) is 5.32 Å². The summed E-state index contributed by atoms with van der Waals surface area (Å²) >= 11 is 0. The van der Waals surface area contributed by atoms with Crippen molar-refractivity contribution in [2.75, 3.05) is 13.2 Å². The third-order valence-corrected chi connectivity index (χ3v) is 4.29. The number of aliphatic hydroxyl groups excluding tert-OH is 1. The van der Waals surface area contributed by atoms with Gasteiger partial charge >= 0.3 is 0 Å². The van der Waals surface area contributed by atoms with E-state index in [1.165, 1.54) is 6.07 Å². The summed E-state index contributed by atoms with van der Waals surface area (Å²) in [5.41, 5.74) is 1.48. The zero-order valence-electron chi connectivity index (χ0n) is 12.2. The SMILES string of the molecule is Cc1c(F)cccc1-c1ccc(CNCC2(CO)CC2)o1. The molecule has 0 spiro atoms. The molecule has 0 saturated heterocycles. The summed E-state index contributed by atoms with van der Waals surface area (Å²) in [5, 5.41) is 12.6. The van der Waals surface area contributed by atoms with Gasteiger partial charge in [0.15, 0.2) is 0 Å². The lowest BCUT2D eigenvalue weighted by Crippen LogP contribution is -2.25. The quantitative estimate of drug-likeness (QED) is 0.858. The van der Waals surface area contributed by atoms with Crippen molar-refractivity contribution in [3.63, 3.8) is 0 Å². The normalized spacial score (nSPS) is 16.1.